The van der Waals surface area contributed by atoms with Crippen LogP contribution >= 0.6 is 0 Å². The molecule has 0 aliphatic heterocycles. The number of ether oxygens (including phenoxy) is 1. The number of aliphatic hydroxyl groups excluding tert-OH is 1. The number of nitrogens with zero attached hydrogens (tertiary/aromatic N) is 2. The molecule has 0 amide bonds. The normalized spacial score (nSPS) is 11.1. The average Bonchev–Trinajstić information content (AvgIpc) is 2.83. The minimum Gasteiger partial charge on any atom is -0.494 e. The Balaban J connectivity index is 2.63. The molecule has 0 unspecified atom stereocenters. The van der Waals surface area contributed by atoms with E-state index in [-0.39, 0.29) is 6.61 Å². The van der Waals surface area contributed by atoms with Crippen LogP contribution in [0.15, 0.2) is 24.3 Å². The fourth-order valence-corrected chi connectivity index (χ4v) is 2.09. The van der Waals surface area contributed by atoms with Crippen LogP contribution in [0, 0.1) is 6.92 Å². The van der Waals surface area contributed by atoms with E-state index in [1.807, 2.05) is 35.9 Å². The van der Waals surface area contributed by atoms with Crippen LogP contribution in [0.5, 0.6) is 5.75 Å². The molecule has 1 aromatic carbocycles. The molecule has 102 valence electrons. The van der Waals surface area contributed by atoms with Crippen molar-refractivity contribution in [3.05, 3.63) is 41.2 Å². The van der Waals surface area contributed by atoms with E-state index < -0.39 is 0 Å². The standard InChI is InChI=1S/C15H20N2O2/c1-10(2)13-8-12(9-18)16-17(13)14-7-11(3)5-6-15(14)19-4/h5-8,10,18H,9H2,1-4H3. The van der Waals surface area contributed by atoms with Crippen molar-refractivity contribution in [3.63, 3.8) is 0 Å². The molecule has 0 saturated heterocycles. The Morgan fingerprint density at radius 2 is 2.05 bits per heavy atom. The summed E-state index contributed by atoms with van der Waals surface area (Å²) in [6.07, 6.45) is 0. The minimum atomic E-state index is -0.0547. The molecule has 1 aromatic heterocycles. The summed E-state index contributed by atoms with van der Waals surface area (Å²) in [7, 11) is 1.65. The lowest BCUT2D eigenvalue weighted by Crippen LogP contribution is -2.06. The molecular weight excluding hydrogens is 240 g/mol. The number of methoxy groups -OCH3 is 1. The van der Waals surface area contributed by atoms with Crippen molar-refractivity contribution < 1.29 is 9.84 Å². The molecule has 2 rings (SSSR count). The van der Waals surface area contributed by atoms with E-state index in [9.17, 15) is 5.11 Å². The van der Waals surface area contributed by atoms with Crippen molar-refractivity contribution in [2.45, 2.75) is 33.3 Å². The third kappa shape index (κ3) is 2.63. The van der Waals surface area contributed by atoms with E-state index >= 15 is 0 Å². The summed E-state index contributed by atoms with van der Waals surface area (Å²) in [6.45, 7) is 6.20. The molecule has 2 aromatic rings. The van der Waals surface area contributed by atoms with Crippen molar-refractivity contribution in [2.75, 3.05) is 7.11 Å². The molecular formula is C15H20N2O2. The number of hydrogen-bond donors (Lipinski definition) is 1. The van der Waals surface area contributed by atoms with Gasteiger partial charge in [-0.05, 0) is 36.6 Å². The second-order valence-corrected chi connectivity index (χ2v) is 4.96. The average molecular weight is 260 g/mol. The molecule has 0 radical (unpaired) electrons. The number of rotatable bonds is 4. The summed E-state index contributed by atoms with van der Waals surface area (Å²) in [4.78, 5) is 0. The van der Waals surface area contributed by atoms with Gasteiger partial charge in [0, 0.05) is 5.69 Å². The van der Waals surface area contributed by atoms with Gasteiger partial charge in [0.15, 0.2) is 0 Å². The molecule has 1 heterocycles. The first-order valence-electron chi connectivity index (χ1n) is 6.41. The van der Waals surface area contributed by atoms with Crippen LogP contribution in [-0.2, 0) is 6.61 Å². The lowest BCUT2D eigenvalue weighted by atomic mass is 10.1. The van der Waals surface area contributed by atoms with Gasteiger partial charge in [0.1, 0.15) is 11.4 Å². The van der Waals surface area contributed by atoms with E-state index in [0.29, 0.717) is 11.6 Å². The Kier molecular flexibility index (Phi) is 3.90. The molecule has 1 N–H and O–H groups in total. The second kappa shape index (κ2) is 5.45. The maximum absolute atomic E-state index is 9.28. The van der Waals surface area contributed by atoms with E-state index in [1.54, 1.807) is 7.11 Å². The van der Waals surface area contributed by atoms with Crippen LogP contribution in [0.1, 0.15) is 36.7 Å². The summed E-state index contributed by atoms with van der Waals surface area (Å²) < 4.78 is 7.27. The third-order valence-corrected chi connectivity index (χ3v) is 3.10. The zero-order valence-electron chi connectivity index (χ0n) is 11.8. The molecule has 4 nitrogen and oxygen atoms in total. The van der Waals surface area contributed by atoms with E-state index in [4.69, 9.17) is 4.74 Å². The van der Waals surface area contributed by atoms with Gasteiger partial charge in [0.05, 0.1) is 19.4 Å². The molecule has 0 atom stereocenters. The van der Waals surface area contributed by atoms with Crippen LogP contribution < -0.4 is 4.74 Å². The lowest BCUT2D eigenvalue weighted by Gasteiger charge is -2.14. The SMILES string of the molecule is COc1ccc(C)cc1-n1nc(CO)cc1C(C)C. The highest BCUT2D eigenvalue weighted by molar-refractivity contribution is 5.49. The molecule has 0 aliphatic rings. The minimum absolute atomic E-state index is 0.0547. The van der Waals surface area contributed by atoms with Gasteiger partial charge in [-0.2, -0.15) is 5.10 Å². The number of benzene rings is 1. The Morgan fingerprint density at radius 3 is 2.63 bits per heavy atom. The third-order valence-electron chi connectivity index (χ3n) is 3.10. The van der Waals surface area contributed by atoms with Gasteiger partial charge in [-0.3, -0.25) is 0 Å². The van der Waals surface area contributed by atoms with Gasteiger partial charge < -0.3 is 9.84 Å². The molecule has 0 aliphatic carbocycles. The Hall–Kier alpha value is -1.81. The first-order valence-corrected chi connectivity index (χ1v) is 6.41. The van der Waals surface area contributed by atoms with Crippen LogP contribution in [0.25, 0.3) is 5.69 Å². The quantitative estimate of drug-likeness (QED) is 0.919. The molecule has 4 heteroatoms. The Bertz CT molecular complexity index is 574. The van der Waals surface area contributed by atoms with Gasteiger partial charge in [-0.15, -0.1) is 0 Å². The Morgan fingerprint density at radius 1 is 1.32 bits per heavy atom. The van der Waals surface area contributed by atoms with Crippen LogP contribution in [0.4, 0.5) is 0 Å². The van der Waals surface area contributed by atoms with Crippen LogP contribution in [0.3, 0.4) is 0 Å². The van der Waals surface area contributed by atoms with Crippen molar-refractivity contribution >= 4 is 0 Å². The number of aryl methyl sites for hydroxylation is 1. The zero-order chi connectivity index (χ0) is 14.0. The number of aliphatic hydroxyl groups is 1. The smallest absolute Gasteiger partial charge is 0.144 e. The summed E-state index contributed by atoms with van der Waals surface area (Å²) in [5.41, 5.74) is 3.79. The van der Waals surface area contributed by atoms with Crippen LogP contribution in [0.2, 0.25) is 0 Å². The summed E-state index contributed by atoms with van der Waals surface area (Å²) >= 11 is 0. The number of hydrogen-bond acceptors (Lipinski definition) is 3. The van der Waals surface area contributed by atoms with Crippen molar-refractivity contribution in [1.29, 1.82) is 0 Å². The van der Waals surface area contributed by atoms with Crippen LogP contribution in [-0.4, -0.2) is 22.0 Å². The first-order chi connectivity index (χ1) is 9.06. The van der Waals surface area contributed by atoms with Gasteiger partial charge >= 0.3 is 0 Å². The second-order valence-electron chi connectivity index (χ2n) is 4.96. The predicted octanol–water partition coefficient (Wildman–Crippen LogP) is 2.81. The molecule has 0 bridgehead atoms. The molecule has 0 fully saturated rings. The van der Waals surface area contributed by atoms with E-state index in [1.165, 1.54) is 0 Å². The summed E-state index contributed by atoms with van der Waals surface area (Å²) in [5, 5.41) is 13.7. The fourth-order valence-electron chi connectivity index (χ4n) is 2.09. The van der Waals surface area contributed by atoms with Gasteiger partial charge in [0.25, 0.3) is 0 Å². The van der Waals surface area contributed by atoms with Crippen molar-refractivity contribution in [3.8, 4) is 11.4 Å². The highest BCUT2D eigenvalue weighted by Crippen LogP contribution is 2.28. The number of aromatic nitrogens is 2. The maximum Gasteiger partial charge on any atom is 0.144 e. The molecule has 0 spiro atoms. The summed E-state index contributed by atoms with van der Waals surface area (Å²) in [6, 6.07) is 7.92. The van der Waals surface area contributed by atoms with Gasteiger partial charge in [0.2, 0.25) is 0 Å². The highest BCUT2D eigenvalue weighted by atomic mass is 16.5. The highest BCUT2D eigenvalue weighted by Gasteiger charge is 2.15. The van der Waals surface area contributed by atoms with Crippen molar-refractivity contribution in [2.24, 2.45) is 0 Å². The van der Waals surface area contributed by atoms with E-state index in [2.05, 4.69) is 18.9 Å². The van der Waals surface area contributed by atoms with Gasteiger partial charge in [-0.1, -0.05) is 19.9 Å². The fraction of sp³-hybridized carbons (Fsp3) is 0.400. The first kappa shape index (κ1) is 13.6. The largest absolute Gasteiger partial charge is 0.494 e. The van der Waals surface area contributed by atoms with E-state index in [0.717, 1.165) is 22.7 Å². The van der Waals surface area contributed by atoms with Gasteiger partial charge in [-0.25, -0.2) is 4.68 Å². The predicted molar refractivity (Wildman–Crippen MR) is 74.9 cm³/mol. The molecule has 0 saturated carbocycles. The molecule has 19 heavy (non-hydrogen) atoms. The maximum atomic E-state index is 9.28. The monoisotopic (exact) mass is 260 g/mol. The zero-order valence-corrected chi connectivity index (χ0v) is 11.8. The lowest BCUT2D eigenvalue weighted by molar-refractivity contribution is 0.276. The van der Waals surface area contributed by atoms with Crippen molar-refractivity contribution in [1.82, 2.24) is 9.78 Å². The summed E-state index contributed by atoms with van der Waals surface area (Å²) in [5.74, 6) is 1.10. The Labute approximate surface area is 113 Å². The topological polar surface area (TPSA) is 47.3 Å².